The third-order valence-electron chi connectivity index (χ3n) is 4.87. The second kappa shape index (κ2) is 6.03. The van der Waals surface area contributed by atoms with Crippen molar-refractivity contribution in [1.82, 2.24) is 9.47 Å². The van der Waals surface area contributed by atoms with Gasteiger partial charge in [0.2, 0.25) is 0 Å². The lowest BCUT2D eigenvalue weighted by molar-refractivity contribution is 0.0735. The van der Waals surface area contributed by atoms with E-state index in [1.165, 1.54) is 27.3 Å². The maximum atomic E-state index is 12.9. The van der Waals surface area contributed by atoms with Gasteiger partial charge in [-0.15, -0.1) is 0 Å². The number of carbonyl (C=O) groups is 1. The molecule has 3 rings (SSSR count). The molecule has 4 heteroatoms. The molecule has 0 bridgehead atoms. The summed E-state index contributed by atoms with van der Waals surface area (Å²) < 4.78 is 1.48. The van der Waals surface area contributed by atoms with Crippen LogP contribution in [0.2, 0.25) is 0 Å². The second-order valence-corrected chi connectivity index (χ2v) is 6.31. The predicted molar refractivity (Wildman–Crippen MR) is 90.6 cm³/mol. The quantitative estimate of drug-likeness (QED) is 0.856. The van der Waals surface area contributed by atoms with E-state index in [-0.39, 0.29) is 17.5 Å². The Morgan fingerprint density at radius 2 is 2.00 bits per heavy atom. The summed E-state index contributed by atoms with van der Waals surface area (Å²) in [6, 6.07) is 9.52. The Morgan fingerprint density at radius 1 is 1.22 bits per heavy atom. The monoisotopic (exact) mass is 310 g/mol. The van der Waals surface area contributed by atoms with Crippen molar-refractivity contribution in [2.75, 3.05) is 6.54 Å². The molecule has 1 aliphatic heterocycles. The van der Waals surface area contributed by atoms with E-state index in [2.05, 4.69) is 32.0 Å². The zero-order chi connectivity index (χ0) is 16.6. The topological polar surface area (TPSA) is 42.3 Å². The van der Waals surface area contributed by atoms with Crippen molar-refractivity contribution in [1.29, 1.82) is 0 Å². The van der Waals surface area contributed by atoms with Crippen LogP contribution in [0.1, 0.15) is 45.9 Å². The van der Waals surface area contributed by atoms with Gasteiger partial charge in [0.25, 0.3) is 11.5 Å². The summed E-state index contributed by atoms with van der Waals surface area (Å²) >= 11 is 0. The second-order valence-electron chi connectivity index (χ2n) is 6.31. The Bertz CT molecular complexity index is 807. The number of aryl methyl sites for hydroxylation is 2. The van der Waals surface area contributed by atoms with Gasteiger partial charge in [-0.3, -0.25) is 9.59 Å². The van der Waals surface area contributed by atoms with E-state index in [1.807, 2.05) is 4.90 Å². The van der Waals surface area contributed by atoms with E-state index in [1.54, 1.807) is 19.3 Å². The fourth-order valence-electron chi connectivity index (χ4n) is 3.32. The highest BCUT2D eigenvalue weighted by molar-refractivity contribution is 5.94. The molecule has 23 heavy (non-hydrogen) atoms. The van der Waals surface area contributed by atoms with Crippen LogP contribution in [0.15, 0.2) is 41.3 Å². The van der Waals surface area contributed by atoms with Crippen LogP contribution in [0.25, 0.3) is 0 Å². The molecule has 0 aliphatic carbocycles. The molecule has 1 unspecified atom stereocenters. The number of likely N-dealkylation sites (tertiary alicyclic amines) is 1. The van der Waals surface area contributed by atoms with E-state index in [9.17, 15) is 9.59 Å². The summed E-state index contributed by atoms with van der Waals surface area (Å²) in [5.41, 5.74) is 4.04. The molecule has 2 aromatic rings. The van der Waals surface area contributed by atoms with Crippen molar-refractivity contribution in [3.8, 4) is 0 Å². The zero-order valence-corrected chi connectivity index (χ0v) is 13.9. The molecule has 1 aliphatic rings. The number of carbonyl (C=O) groups excluding carboxylic acids is 1. The number of aromatic nitrogens is 1. The number of benzene rings is 1. The van der Waals surface area contributed by atoms with Crippen molar-refractivity contribution in [3.05, 3.63) is 69.1 Å². The van der Waals surface area contributed by atoms with E-state index < -0.39 is 0 Å². The summed E-state index contributed by atoms with van der Waals surface area (Å²) in [6.07, 6.45) is 3.62. The lowest BCUT2D eigenvalue weighted by atomic mass is 9.95. The summed E-state index contributed by atoms with van der Waals surface area (Å²) in [6.45, 7) is 4.96. The van der Waals surface area contributed by atoms with Gasteiger partial charge >= 0.3 is 0 Å². The van der Waals surface area contributed by atoms with Gasteiger partial charge in [0.1, 0.15) is 0 Å². The van der Waals surface area contributed by atoms with Crippen LogP contribution in [0, 0.1) is 13.8 Å². The third kappa shape index (κ3) is 2.81. The van der Waals surface area contributed by atoms with Crippen LogP contribution in [0.4, 0.5) is 0 Å². The first kappa shape index (κ1) is 15.5. The molecule has 0 saturated carbocycles. The normalized spacial score (nSPS) is 17.5. The average molecular weight is 310 g/mol. The van der Waals surface area contributed by atoms with Crippen LogP contribution in [0.5, 0.6) is 0 Å². The minimum absolute atomic E-state index is 0.0499. The van der Waals surface area contributed by atoms with E-state index in [0.717, 1.165) is 19.4 Å². The first-order valence-electron chi connectivity index (χ1n) is 8.03. The van der Waals surface area contributed by atoms with Crippen LogP contribution in [-0.4, -0.2) is 21.9 Å². The highest BCUT2D eigenvalue weighted by Gasteiger charge is 2.31. The number of hydrogen-bond donors (Lipinski definition) is 0. The van der Waals surface area contributed by atoms with Crippen molar-refractivity contribution in [2.45, 2.75) is 32.7 Å². The zero-order valence-electron chi connectivity index (χ0n) is 13.9. The first-order valence-corrected chi connectivity index (χ1v) is 8.03. The first-order chi connectivity index (χ1) is 11.0. The Hall–Kier alpha value is -2.36. The van der Waals surface area contributed by atoms with Crippen molar-refractivity contribution in [2.24, 2.45) is 7.05 Å². The maximum Gasteiger partial charge on any atom is 0.254 e. The predicted octanol–water partition coefficient (Wildman–Crippen LogP) is 2.98. The number of pyridine rings is 1. The van der Waals surface area contributed by atoms with Gasteiger partial charge in [-0.2, -0.15) is 0 Å². The third-order valence-corrected chi connectivity index (χ3v) is 4.87. The molecule has 120 valence electrons. The van der Waals surface area contributed by atoms with Crippen molar-refractivity contribution < 1.29 is 4.79 Å². The van der Waals surface area contributed by atoms with E-state index >= 15 is 0 Å². The van der Waals surface area contributed by atoms with Gasteiger partial charge in [-0.25, -0.2) is 0 Å². The fraction of sp³-hybridized carbons (Fsp3) is 0.368. The molecular formula is C19H22N2O2. The molecule has 1 aromatic heterocycles. The average Bonchev–Trinajstić information content (AvgIpc) is 3.01. The molecule has 1 amide bonds. The summed E-state index contributed by atoms with van der Waals surface area (Å²) in [5.74, 6) is -0.0499. The molecule has 1 saturated heterocycles. The van der Waals surface area contributed by atoms with Gasteiger partial charge < -0.3 is 9.47 Å². The van der Waals surface area contributed by atoms with Gasteiger partial charge in [-0.05, 0) is 49.4 Å². The SMILES string of the molecule is Cc1cccc(C2CCCN2C(=O)c2ccn(C)c(=O)c2)c1C. The summed E-state index contributed by atoms with van der Waals surface area (Å²) in [5, 5.41) is 0. The van der Waals surface area contributed by atoms with Gasteiger partial charge in [-0.1, -0.05) is 18.2 Å². The van der Waals surface area contributed by atoms with Gasteiger partial charge in [0.15, 0.2) is 0 Å². The number of hydrogen-bond acceptors (Lipinski definition) is 2. The van der Waals surface area contributed by atoms with Crippen LogP contribution < -0.4 is 5.56 Å². The van der Waals surface area contributed by atoms with Gasteiger partial charge in [0.05, 0.1) is 6.04 Å². The Labute approximate surface area is 136 Å². The lowest BCUT2D eigenvalue weighted by Gasteiger charge is -2.27. The minimum atomic E-state index is -0.154. The highest BCUT2D eigenvalue weighted by atomic mass is 16.2. The van der Waals surface area contributed by atoms with E-state index in [4.69, 9.17) is 0 Å². The summed E-state index contributed by atoms with van der Waals surface area (Å²) in [7, 11) is 1.69. The minimum Gasteiger partial charge on any atom is -0.332 e. The molecular weight excluding hydrogens is 288 g/mol. The molecule has 4 nitrogen and oxygen atoms in total. The fourth-order valence-corrected chi connectivity index (χ4v) is 3.32. The van der Waals surface area contributed by atoms with Crippen LogP contribution in [0.3, 0.4) is 0 Å². The highest BCUT2D eigenvalue weighted by Crippen LogP contribution is 2.35. The van der Waals surface area contributed by atoms with E-state index in [0.29, 0.717) is 5.56 Å². The molecule has 0 spiro atoms. The Balaban J connectivity index is 1.95. The molecule has 0 radical (unpaired) electrons. The number of rotatable bonds is 2. The van der Waals surface area contributed by atoms with Crippen LogP contribution in [-0.2, 0) is 7.05 Å². The molecule has 2 heterocycles. The smallest absolute Gasteiger partial charge is 0.254 e. The Kier molecular flexibility index (Phi) is 4.07. The van der Waals surface area contributed by atoms with Crippen LogP contribution >= 0.6 is 0 Å². The molecule has 1 atom stereocenters. The summed E-state index contributed by atoms with van der Waals surface area (Å²) in [4.78, 5) is 26.6. The number of amides is 1. The van der Waals surface area contributed by atoms with Crippen molar-refractivity contribution in [3.63, 3.8) is 0 Å². The number of nitrogens with zero attached hydrogens (tertiary/aromatic N) is 2. The van der Waals surface area contributed by atoms with Crippen molar-refractivity contribution >= 4 is 5.91 Å². The standard InChI is InChI=1S/C19H22N2O2/c1-13-6-4-7-16(14(13)2)17-8-5-10-21(17)19(23)15-9-11-20(3)18(22)12-15/h4,6-7,9,11-12,17H,5,8,10H2,1-3H3. The van der Waals surface area contributed by atoms with Gasteiger partial charge in [0, 0.05) is 31.4 Å². The molecule has 0 N–H and O–H groups in total. The Morgan fingerprint density at radius 3 is 2.74 bits per heavy atom. The largest absolute Gasteiger partial charge is 0.332 e. The molecule has 1 fully saturated rings. The maximum absolute atomic E-state index is 12.9. The lowest BCUT2D eigenvalue weighted by Crippen LogP contribution is -2.32. The molecule has 1 aromatic carbocycles.